The molecule has 0 aromatic heterocycles. The molecule has 100 valence electrons. The molecule has 1 fully saturated rings. The van der Waals surface area contributed by atoms with Crippen molar-refractivity contribution in [2.24, 2.45) is 4.99 Å². The standard InChI is InChI=1S/C16H13FN2S/c17-13-6-3-5-11(8-13)16-19-9-12-4-1-2-7-14(12)18-15(19)10-20-16/h1-8,16H,9-10H2. The molecule has 2 aliphatic rings. The minimum atomic E-state index is -0.175. The van der Waals surface area contributed by atoms with Crippen LogP contribution in [0.2, 0.25) is 0 Å². The van der Waals surface area contributed by atoms with E-state index in [4.69, 9.17) is 4.99 Å². The first kappa shape index (κ1) is 12.0. The molecule has 4 heteroatoms. The van der Waals surface area contributed by atoms with Crippen molar-refractivity contribution in [3.05, 3.63) is 65.5 Å². The van der Waals surface area contributed by atoms with Crippen molar-refractivity contribution in [3.63, 3.8) is 0 Å². The van der Waals surface area contributed by atoms with Crippen LogP contribution in [0.25, 0.3) is 0 Å². The smallest absolute Gasteiger partial charge is 0.123 e. The van der Waals surface area contributed by atoms with E-state index in [0.717, 1.165) is 29.4 Å². The normalized spacial score (nSPS) is 20.4. The van der Waals surface area contributed by atoms with Gasteiger partial charge in [-0.25, -0.2) is 9.38 Å². The number of halogens is 1. The maximum Gasteiger partial charge on any atom is 0.123 e. The zero-order valence-electron chi connectivity index (χ0n) is 10.8. The predicted octanol–water partition coefficient (Wildman–Crippen LogP) is 4.12. The molecule has 1 atom stereocenters. The molecule has 0 spiro atoms. The van der Waals surface area contributed by atoms with E-state index >= 15 is 0 Å². The Hall–Kier alpha value is -1.81. The molecule has 2 aliphatic heterocycles. The van der Waals surface area contributed by atoms with Crippen molar-refractivity contribution in [1.29, 1.82) is 0 Å². The van der Waals surface area contributed by atoms with Gasteiger partial charge in [-0.1, -0.05) is 30.3 Å². The number of benzene rings is 2. The predicted molar refractivity (Wildman–Crippen MR) is 80.7 cm³/mol. The fourth-order valence-corrected chi connectivity index (χ4v) is 4.00. The van der Waals surface area contributed by atoms with Gasteiger partial charge in [0.1, 0.15) is 17.0 Å². The summed E-state index contributed by atoms with van der Waals surface area (Å²) in [6.07, 6.45) is 0. The van der Waals surface area contributed by atoms with Gasteiger partial charge < -0.3 is 4.90 Å². The highest BCUT2D eigenvalue weighted by Crippen LogP contribution is 2.43. The molecule has 20 heavy (non-hydrogen) atoms. The Morgan fingerprint density at radius 3 is 2.95 bits per heavy atom. The number of aliphatic imine (C=N–C) groups is 1. The SMILES string of the molecule is Fc1cccc(C2SCC3=Nc4ccccc4CN32)c1. The maximum atomic E-state index is 13.4. The lowest BCUT2D eigenvalue weighted by Crippen LogP contribution is -2.30. The summed E-state index contributed by atoms with van der Waals surface area (Å²) in [4.78, 5) is 7.01. The van der Waals surface area contributed by atoms with E-state index in [1.165, 1.54) is 11.6 Å². The van der Waals surface area contributed by atoms with Crippen molar-refractivity contribution in [2.45, 2.75) is 11.9 Å². The van der Waals surface area contributed by atoms with E-state index in [0.29, 0.717) is 0 Å². The summed E-state index contributed by atoms with van der Waals surface area (Å²) in [5, 5.41) is 0.165. The Labute approximate surface area is 121 Å². The highest BCUT2D eigenvalue weighted by molar-refractivity contribution is 8.00. The minimum absolute atomic E-state index is 0.165. The Balaban J connectivity index is 1.71. The summed E-state index contributed by atoms with van der Waals surface area (Å²) in [7, 11) is 0. The molecule has 0 radical (unpaired) electrons. The molecule has 2 nitrogen and oxygen atoms in total. The first-order chi connectivity index (χ1) is 9.81. The van der Waals surface area contributed by atoms with Crippen molar-refractivity contribution < 1.29 is 4.39 Å². The molecule has 0 N–H and O–H groups in total. The third-order valence-corrected chi connectivity index (χ3v) is 4.97. The Morgan fingerprint density at radius 2 is 2.05 bits per heavy atom. The molecule has 0 amide bonds. The van der Waals surface area contributed by atoms with Gasteiger partial charge >= 0.3 is 0 Å². The van der Waals surface area contributed by atoms with Gasteiger partial charge in [-0.05, 0) is 29.3 Å². The van der Waals surface area contributed by atoms with Crippen LogP contribution < -0.4 is 0 Å². The Kier molecular flexibility index (Phi) is 2.77. The number of fused-ring (bicyclic) bond motifs is 2. The van der Waals surface area contributed by atoms with Crippen LogP contribution in [0.4, 0.5) is 10.1 Å². The van der Waals surface area contributed by atoms with E-state index in [2.05, 4.69) is 17.0 Å². The van der Waals surface area contributed by atoms with Crippen molar-refractivity contribution in [2.75, 3.05) is 5.75 Å². The molecule has 0 saturated carbocycles. The van der Waals surface area contributed by atoms with Crippen LogP contribution in [0, 0.1) is 5.82 Å². The van der Waals surface area contributed by atoms with Gasteiger partial charge in [-0.3, -0.25) is 0 Å². The van der Waals surface area contributed by atoms with Gasteiger partial charge in [0.2, 0.25) is 0 Å². The van der Waals surface area contributed by atoms with Gasteiger partial charge in [0.15, 0.2) is 0 Å². The van der Waals surface area contributed by atoms with Crippen LogP contribution in [-0.4, -0.2) is 16.5 Å². The van der Waals surface area contributed by atoms with Crippen LogP contribution in [0.3, 0.4) is 0 Å². The second kappa shape index (κ2) is 4.63. The van der Waals surface area contributed by atoms with Gasteiger partial charge in [0, 0.05) is 6.54 Å². The van der Waals surface area contributed by atoms with Crippen molar-refractivity contribution in [3.8, 4) is 0 Å². The van der Waals surface area contributed by atoms with Gasteiger partial charge in [0.25, 0.3) is 0 Å². The molecule has 2 heterocycles. The van der Waals surface area contributed by atoms with Crippen LogP contribution >= 0.6 is 11.8 Å². The summed E-state index contributed by atoms with van der Waals surface area (Å²) >= 11 is 1.81. The average molecular weight is 284 g/mol. The topological polar surface area (TPSA) is 15.6 Å². The summed E-state index contributed by atoms with van der Waals surface area (Å²) in [5.74, 6) is 1.81. The number of nitrogens with zero attached hydrogens (tertiary/aromatic N) is 2. The molecule has 2 aromatic rings. The third kappa shape index (κ3) is 1.91. The number of amidine groups is 1. The first-order valence-corrected chi connectivity index (χ1v) is 7.65. The van der Waals surface area contributed by atoms with Crippen LogP contribution in [0.15, 0.2) is 53.5 Å². The van der Waals surface area contributed by atoms with E-state index < -0.39 is 0 Å². The van der Waals surface area contributed by atoms with E-state index in [1.54, 1.807) is 12.1 Å². The average Bonchev–Trinajstić information content (AvgIpc) is 2.87. The van der Waals surface area contributed by atoms with Crippen LogP contribution in [0.1, 0.15) is 16.5 Å². The van der Waals surface area contributed by atoms with Crippen molar-refractivity contribution in [1.82, 2.24) is 4.90 Å². The lowest BCUT2D eigenvalue weighted by molar-refractivity contribution is 0.399. The monoisotopic (exact) mass is 284 g/mol. The number of thioether (sulfide) groups is 1. The van der Waals surface area contributed by atoms with Crippen LogP contribution in [0.5, 0.6) is 0 Å². The number of hydrogen-bond donors (Lipinski definition) is 0. The number of para-hydroxylation sites is 1. The Bertz CT molecular complexity index is 698. The first-order valence-electron chi connectivity index (χ1n) is 6.60. The number of hydrogen-bond acceptors (Lipinski definition) is 3. The van der Waals surface area contributed by atoms with Gasteiger partial charge in [0.05, 0.1) is 11.4 Å². The second-order valence-electron chi connectivity index (χ2n) is 5.00. The fourth-order valence-electron chi connectivity index (χ4n) is 2.74. The number of rotatable bonds is 1. The Morgan fingerprint density at radius 1 is 1.15 bits per heavy atom. The molecular weight excluding hydrogens is 271 g/mol. The lowest BCUT2D eigenvalue weighted by atomic mass is 10.1. The molecular formula is C16H13FN2S. The zero-order chi connectivity index (χ0) is 13.5. The third-order valence-electron chi connectivity index (χ3n) is 3.70. The largest absolute Gasteiger partial charge is 0.339 e. The van der Waals surface area contributed by atoms with Gasteiger partial charge in [-0.15, -0.1) is 11.8 Å². The van der Waals surface area contributed by atoms with Crippen molar-refractivity contribution >= 4 is 23.3 Å². The minimum Gasteiger partial charge on any atom is -0.339 e. The quantitative estimate of drug-likeness (QED) is 0.783. The highest BCUT2D eigenvalue weighted by Gasteiger charge is 2.34. The lowest BCUT2D eigenvalue weighted by Gasteiger charge is -2.29. The zero-order valence-corrected chi connectivity index (χ0v) is 11.6. The molecule has 1 saturated heterocycles. The molecule has 1 unspecified atom stereocenters. The summed E-state index contributed by atoms with van der Waals surface area (Å²) < 4.78 is 13.4. The summed E-state index contributed by atoms with van der Waals surface area (Å²) in [6, 6.07) is 15.1. The van der Waals surface area contributed by atoms with E-state index in [-0.39, 0.29) is 11.2 Å². The molecule has 4 rings (SSSR count). The molecule has 0 aliphatic carbocycles. The fraction of sp³-hybridized carbons (Fsp3) is 0.188. The highest BCUT2D eigenvalue weighted by atomic mass is 32.2. The molecule has 0 bridgehead atoms. The summed E-state index contributed by atoms with van der Waals surface area (Å²) in [6.45, 7) is 0.850. The van der Waals surface area contributed by atoms with Gasteiger partial charge in [-0.2, -0.15) is 0 Å². The maximum absolute atomic E-state index is 13.4. The van der Waals surface area contributed by atoms with E-state index in [1.807, 2.05) is 30.0 Å². The summed E-state index contributed by atoms with van der Waals surface area (Å²) in [5.41, 5.74) is 3.32. The molecule has 2 aromatic carbocycles. The van der Waals surface area contributed by atoms with Crippen LogP contribution in [-0.2, 0) is 6.54 Å². The second-order valence-corrected chi connectivity index (χ2v) is 6.07. The van der Waals surface area contributed by atoms with E-state index in [9.17, 15) is 4.39 Å².